The molecule has 1 fully saturated rings. The van der Waals surface area contributed by atoms with Gasteiger partial charge in [-0.25, -0.2) is 13.4 Å². The molecule has 0 radical (unpaired) electrons. The molecular weight excluding hydrogens is 290 g/mol. The summed E-state index contributed by atoms with van der Waals surface area (Å²) in [5.41, 5.74) is 0.620. The maximum atomic E-state index is 12.3. The fraction of sp³-hybridized carbons (Fsp3) is 0.429. The van der Waals surface area contributed by atoms with E-state index in [4.69, 9.17) is 0 Å². The summed E-state index contributed by atoms with van der Waals surface area (Å²) in [5.74, 6) is 0.444. The standard InChI is InChI=1S/C14H17N3O3S/c18-14-12-3-1-2-4-13(12)16-10-17(14)7-6-15-11-5-8-21(19,20)9-11/h1-4,10-11,15H,5-9H2. The zero-order valence-corrected chi connectivity index (χ0v) is 12.3. The van der Waals surface area contributed by atoms with Crippen LogP contribution in [0.3, 0.4) is 0 Å². The molecule has 2 heterocycles. The van der Waals surface area contributed by atoms with E-state index in [9.17, 15) is 13.2 Å². The highest BCUT2D eigenvalue weighted by atomic mass is 32.2. The second-order valence-corrected chi connectivity index (χ2v) is 7.54. The summed E-state index contributed by atoms with van der Waals surface area (Å²) in [5, 5.41) is 3.79. The maximum absolute atomic E-state index is 12.3. The average molecular weight is 307 g/mol. The molecule has 1 saturated heterocycles. The number of aromatic nitrogens is 2. The van der Waals surface area contributed by atoms with Crippen LogP contribution in [0.1, 0.15) is 6.42 Å². The molecule has 7 heteroatoms. The molecule has 0 aliphatic carbocycles. The lowest BCUT2D eigenvalue weighted by Crippen LogP contribution is -2.34. The van der Waals surface area contributed by atoms with Gasteiger partial charge < -0.3 is 5.32 Å². The van der Waals surface area contributed by atoms with E-state index in [1.807, 2.05) is 18.2 Å². The number of hydrogen-bond acceptors (Lipinski definition) is 5. The number of rotatable bonds is 4. The molecule has 6 nitrogen and oxygen atoms in total. The van der Waals surface area contributed by atoms with E-state index in [-0.39, 0.29) is 23.1 Å². The summed E-state index contributed by atoms with van der Waals surface area (Å²) < 4.78 is 24.3. The highest BCUT2D eigenvalue weighted by molar-refractivity contribution is 7.91. The number of para-hydroxylation sites is 1. The Balaban J connectivity index is 1.66. The molecule has 1 aromatic heterocycles. The second-order valence-electron chi connectivity index (χ2n) is 5.31. The van der Waals surface area contributed by atoms with Crippen molar-refractivity contribution in [3.05, 3.63) is 40.9 Å². The van der Waals surface area contributed by atoms with E-state index in [0.717, 1.165) is 0 Å². The highest BCUT2D eigenvalue weighted by Gasteiger charge is 2.27. The molecule has 1 unspecified atom stereocenters. The molecule has 112 valence electrons. The lowest BCUT2D eigenvalue weighted by Gasteiger charge is -2.11. The summed E-state index contributed by atoms with van der Waals surface area (Å²) in [6.07, 6.45) is 2.19. The average Bonchev–Trinajstić information content (AvgIpc) is 2.81. The van der Waals surface area contributed by atoms with Crippen molar-refractivity contribution in [1.82, 2.24) is 14.9 Å². The van der Waals surface area contributed by atoms with Crippen LogP contribution >= 0.6 is 0 Å². The minimum absolute atomic E-state index is 0.000817. The van der Waals surface area contributed by atoms with Crippen molar-refractivity contribution in [3.8, 4) is 0 Å². The predicted molar refractivity (Wildman–Crippen MR) is 81.1 cm³/mol. The van der Waals surface area contributed by atoms with Crippen molar-refractivity contribution < 1.29 is 8.42 Å². The molecule has 21 heavy (non-hydrogen) atoms. The van der Waals surface area contributed by atoms with Gasteiger partial charge in [-0.2, -0.15) is 0 Å². The Bertz CT molecular complexity index is 814. The van der Waals surface area contributed by atoms with Crippen LogP contribution in [0.2, 0.25) is 0 Å². The fourth-order valence-electron chi connectivity index (χ4n) is 2.61. The number of nitrogens with one attached hydrogen (secondary N) is 1. The van der Waals surface area contributed by atoms with Crippen LogP contribution in [-0.2, 0) is 16.4 Å². The minimum Gasteiger partial charge on any atom is -0.311 e. The third kappa shape index (κ3) is 3.14. The van der Waals surface area contributed by atoms with Gasteiger partial charge in [0, 0.05) is 19.1 Å². The molecule has 2 aromatic rings. The van der Waals surface area contributed by atoms with Gasteiger partial charge in [-0.1, -0.05) is 12.1 Å². The van der Waals surface area contributed by atoms with Gasteiger partial charge in [-0.05, 0) is 18.6 Å². The molecule has 1 atom stereocenters. The molecule has 1 N–H and O–H groups in total. The first-order valence-corrected chi connectivity index (χ1v) is 8.75. The van der Waals surface area contributed by atoms with Gasteiger partial charge in [-0.3, -0.25) is 9.36 Å². The Morgan fingerprint density at radius 2 is 2.14 bits per heavy atom. The van der Waals surface area contributed by atoms with E-state index < -0.39 is 9.84 Å². The lowest BCUT2D eigenvalue weighted by molar-refractivity contribution is 0.513. The first kappa shape index (κ1) is 14.2. The smallest absolute Gasteiger partial charge is 0.261 e. The van der Waals surface area contributed by atoms with E-state index in [1.165, 1.54) is 6.33 Å². The topological polar surface area (TPSA) is 81.1 Å². The third-order valence-corrected chi connectivity index (χ3v) is 5.52. The molecule has 3 rings (SSSR count). The van der Waals surface area contributed by atoms with Crippen molar-refractivity contribution in [2.45, 2.75) is 19.0 Å². The van der Waals surface area contributed by atoms with Crippen LogP contribution in [-0.4, -0.2) is 42.1 Å². The molecule has 1 aromatic carbocycles. The zero-order chi connectivity index (χ0) is 14.9. The molecule has 0 bridgehead atoms. The molecule has 0 spiro atoms. The predicted octanol–water partition coefficient (Wildman–Crippen LogP) is 0.173. The van der Waals surface area contributed by atoms with Crippen molar-refractivity contribution in [3.63, 3.8) is 0 Å². The van der Waals surface area contributed by atoms with Crippen molar-refractivity contribution >= 4 is 20.7 Å². The van der Waals surface area contributed by atoms with Crippen LogP contribution in [0.25, 0.3) is 10.9 Å². The normalized spacial score (nSPS) is 20.9. The second kappa shape index (κ2) is 5.57. The summed E-state index contributed by atoms with van der Waals surface area (Å²) in [6, 6.07) is 7.23. The van der Waals surface area contributed by atoms with Gasteiger partial charge in [0.05, 0.1) is 28.7 Å². The Morgan fingerprint density at radius 1 is 1.33 bits per heavy atom. The Morgan fingerprint density at radius 3 is 2.90 bits per heavy atom. The first-order chi connectivity index (χ1) is 10.1. The molecule has 1 aliphatic rings. The summed E-state index contributed by atoms with van der Waals surface area (Å²) in [4.78, 5) is 16.5. The van der Waals surface area contributed by atoms with Crippen LogP contribution in [0.4, 0.5) is 0 Å². The number of fused-ring (bicyclic) bond motifs is 1. The van der Waals surface area contributed by atoms with Crippen LogP contribution in [0.5, 0.6) is 0 Å². The van der Waals surface area contributed by atoms with Crippen LogP contribution in [0, 0.1) is 0 Å². The largest absolute Gasteiger partial charge is 0.311 e. The van der Waals surface area contributed by atoms with Gasteiger partial charge >= 0.3 is 0 Å². The van der Waals surface area contributed by atoms with Crippen LogP contribution < -0.4 is 10.9 Å². The van der Waals surface area contributed by atoms with Gasteiger partial charge in [0.25, 0.3) is 5.56 Å². The highest BCUT2D eigenvalue weighted by Crippen LogP contribution is 2.10. The van der Waals surface area contributed by atoms with Crippen LogP contribution in [0.15, 0.2) is 35.4 Å². The minimum atomic E-state index is -2.87. The van der Waals surface area contributed by atoms with Crippen molar-refractivity contribution in [1.29, 1.82) is 0 Å². The number of hydrogen-bond donors (Lipinski definition) is 1. The summed E-state index contributed by atoms with van der Waals surface area (Å²) in [7, 11) is -2.87. The molecular formula is C14H17N3O3S. The molecule has 1 aliphatic heterocycles. The van der Waals surface area contributed by atoms with Gasteiger partial charge in [0.2, 0.25) is 0 Å². The molecule has 0 saturated carbocycles. The first-order valence-electron chi connectivity index (χ1n) is 6.93. The number of sulfone groups is 1. The monoisotopic (exact) mass is 307 g/mol. The molecule has 0 amide bonds. The van der Waals surface area contributed by atoms with Crippen molar-refractivity contribution in [2.75, 3.05) is 18.1 Å². The third-order valence-electron chi connectivity index (χ3n) is 3.75. The maximum Gasteiger partial charge on any atom is 0.261 e. The number of benzene rings is 1. The lowest BCUT2D eigenvalue weighted by atomic mass is 10.2. The van der Waals surface area contributed by atoms with Gasteiger partial charge in [-0.15, -0.1) is 0 Å². The SMILES string of the molecule is O=c1c2ccccc2ncn1CCNC1CCS(=O)(=O)C1. The van der Waals surface area contributed by atoms with E-state index in [2.05, 4.69) is 10.3 Å². The summed E-state index contributed by atoms with van der Waals surface area (Å²) >= 11 is 0. The Labute approximate surface area is 122 Å². The Hall–Kier alpha value is -1.73. The fourth-order valence-corrected chi connectivity index (χ4v) is 4.32. The van der Waals surface area contributed by atoms with E-state index in [1.54, 1.807) is 10.6 Å². The zero-order valence-electron chi connectivity index (χ0n) is 11.5. The van der Waals surface area contributed by atoms with E-state index >= 15 is 0 Å². The number of nitrogens with zero attached hydrogens (tertiary/aromatic N) is 2. The summed E-state index contributed by atoms with van der Waals surface area (Å²) in [6.45, 7) is 1.04. The Kier molecular flexibility index (Phi) is 3.77. The van der Waals surface area contributed by atoms with Gasteiger partial charge in [0.15, 0.2) is 9.84 Å². The quantitative estimate of drug-likeness (QED) is 0.871. The van der Waals surface area contributed by atoms with Crippen molar-refractivity contribution in [2.24, 2.45) is 0 Å². The van der Waals surface area contributed by atoms with Gasteiger partial charge in [0.1, 0.15) is 0 Å². The van der Waals surface area contributed by atoms with E-state index in [0.29, 0.717) is 30.4 Å².